The SMILES string of the molecule is CSc1nc(-c2cccnc2)nc(-c2ccccc2)c1C(=O)[O-].[K+]. The van der Waals surface area contributed by atoms with E-state index in [1.807, 2.05) is 36.4 Å². The van der Waals surface area contributed by atoms with Crippen LogP contribution >= 0.6 is 11.8 Å². The molecule has 0 N–H and O–H groups in total. The number of thioether (sulfide) groups is 1. The maximum atomic E-state index is 11.6. The molecule has 0 saturated heterocycles. The quantitative estimate of drug-likeness (QED) is 0.347. The fourth-order valence-electron chi connectivity index (χ4n) is 2.20. The molecular formula is C17H12KN3O2S. The summed E-state index contributed by atoms with van der Waals surface area (Å²) in [5.41, 5.74) is 1.79. The molecule has 2 aromatic heterocycles. The van der Waals surface area contributed by atoms with Crippen LogP contribution in [0.2, 0.25) is 0 Å². The molecule has 0 saturated carbocycles. The van der Waals surface area contributed by atoms with E-state index in [4.69, 9.17) is 0 Å². The van der Waals surface area contributed by atoms with E-state index in [1.165, 1.54) is 11.8 Å². The molecule has 0 fully saturated rings. The average molecular weight is 361 g/mol. The normalized spacial score (nSPS) is 10.0. The zero-order valence-electron chi connectivity index (χ0n) is 13.3. The Kier molecular flexibility index (Phi) is 7.09. The van der Waals surface area contributed by atoms with Crippen LogP contribution in [0.25, 0.3) is 22.6 Å². The van der Waals surface area contributed by atoms with E-state index >= 15 is 0 Å². The Hall–Kier alpha value is -1.09. The zero-order valence-corrected chi connectivity index (χ0v) is 17.2. The fourth-order valence-corrected chi connectivity index (χ4v) is 2.76. The number of benzene rings is 1. The van der Waals surface area contributed by atoms with Crippen molar-refractivity contribution in [1.82, 2.24) is 15.0 Å². The van der Waals surface area contributed by atoms with Crippen LogP contribution in [0, 0.1) is 0 Å². The second kappa shape index (κ2) is 8.84. The molecule has 0 spiro atoms. The number of rotatable bonds is 4. The van der Waals surface area contributed by atoms with E-state index in [-0.39, 0.29) is 56.9 Å². The van der Waals surface area contributed by atoms with Gasteiger partial charge in [0.15, 0.2) is 5.82 Å². The molecule has 5 nitrogen and oxygen atoms in total. The Labute approximate surface area is 186 Å². The molecular weight excluding hydrogens is 349 g/mol. The third-order valence-electron chi connectivity index (χ3n) is 3.24. The first kappa shape index (κ1) is 19.2. The van der Waals surface area contributed by atoms with Gasteiger partial charge in [-0.15, -0.1) is 11.8 Å². The number of aromatic carboxylic acids is 1. The van der Waals surface area contributed by atoms with Crippen LogP contribution in [0.5, 0.6) is 0 Å². The van der Waals surface area contributed by atoms with Gasteiger partial charge in [-0.1, -0.05) is 30.3 Å². The molecule has 0 amide bonds. The number of hydrogen-bond acceptors (Lipinski definition) is 6. The summed E-state index contributed by atoms with van der Waals surface area (Å²) >= 11 is 1.25. The van der Waals surface area contributed by atoms with Crippen molar-refractivity contribution in [2.24, 2.45) is 0 Å². The van der Waals surface area contributed by atoms with Crippen molar-refractivity contribution in [2.75, 3.05) is 6.26 Å². The molecule has 2 heterocycles. The summed E-state index contributed by atoms with van der Waals surface area (Å²) in [4.78, 5) is 24.5. The molecule has 0 aliphatic rings. The number of aromatic nitrogens is 3. The molecule has 114 valence electrons. The number of nitrogens with zero attached hydrogens (tertiary/aromatic N) is 3. The molecule has 24 heavy (non-hydrogen) atoms. The summed E-state index contributed by atoms with van der Waals surface area (Å²) in [6.07, 6.45) is 5.08. The molecule has 7 heteroatoms. The van der Waals surface area contributed by atoms with Crippen molar-refractivity contribution >= 4 is 17.7 Å². The zero-order chi connectivity index (χ0) is 16.2. The second-order valence-electron chi connectivity index (χ2n) is 4.68. The van der Waals surface area contributed by atoms with Gasteiger partial charge in [0, 0.05) is 23.5 Å². The first-order valence-corrected chi connectivity index (χ1v) is 8.06. The van der Waals surface area contributed by atoms with Crippen molar-refractivity contribution in [2.45, 2.75) is 5.03 Å². The molecule has 0 unspecified atom stereocenters. The van der Waals surface area contributed by atoms with Gasteiger partial charge in [-0.3, -0.25) is 4.98 Å². The van der Waals surface area contributed by atoms with Gasteiger partial charge in [-0.05, 0) is 18.4 Å². The summed E-state index contributed by atoms with van der Waals surface area (Å²) in [6.45, 7) is 0. The molecule has 0 aliphatic heterocycles. The first-order valence-electron chi connectivity index (χ1n) is 6.84. The Balaban J connectivity index is 0.00000208. The van der Waals surface area contributed by atoms with Crippen LogP contribution in [0.1, 0.15) is 10.4 Å². The van der Waals surface area contributed by atoms with E-state index < -0.39 is 5.97 Å². The van der Waals surface area contributed by atoms with Crippen LogP contribution in [0.3, 0.4) is 0 Å². The van der Waals surface area contributed by atoms with Gasteiger partial charge in [0.1, 0.15) is 5.03 Å². The predicted molar refractivity (Wildman–Crippen MR) is 86.8 cm³/mol. The molecule has 3 aromatic rings. The Morgan fingerprint density at radius 2 is 1.75 bits per heavy atom. The van der Waals surface area contributed by atoms with E-state index in [0.717, 1.165) is 5.56 Å². The van der Waals surface area contributed by atoms with Crippen molar-refractivity contribution in [3.63, 3.8) is 0 Å². The Morgan fingerprint density at radius 3 is 2.33 bits per heavy atom. The molecule has 1 aromatic carbocycles. The third kappa shape index (κ3) is 4.11. The minimum atomic E-state index is -1.29. The smallest absolute Gasteiger partial charge is 0.545 e. The van der Waals surface area contributed by atoms with Crippen molar-refractivity contribution in [1.29, 1.82) is 0 Å². The predicted octanol–water partition coefficient (Wildman–Crippen LogP) is -0.705. The topological polar surface area (TPSA) is 78.8 Å². The van der Waals surface area contributed by atoms with Gasteiger partial charge in [-0.25, -0.2) is 9.97 Å². The van der Waals surface area contributed by atoms with Gasteiger partial charge in [0.05, 0.1) is 17.2 Å². The van der Waals surface area contributed by atoms with Crippen molar-refractivity contribution in [3.8, 4) is 22.6 Å². The van der Waals surface area contributed by atoms with E-state index in [9.17, 15) is 9.90 Å². The molecule has 0 radical (unpaired) electrons. The van der Waals surface area contributed by atoms with Gasteiger partial charge in [0.25, 0.3) is 0 Å². The molecule has 0 aliphatic carbocycles. The monoisotopic (exact) mass is 361 g/mol. The maximum absolute atomic E-state index is 11.6. The summed E-state index contributed by atoms with van der Waals surface area (Å²) in [5, 5.41) is 12.0. The Bertz CT molecular complexity index is 845. The number of carboxylic acid groups (broad SMARTS) is 1. The van der Waals surface area contributed by atoms with Gasteiger partial charge < -0.3 is 9.90 Å². The van der Waals surface area contributed by atoms with E-state index in [2.05, 4.69) is 15.0 Å². The number of pyridine rings is 1. The summed E-state index contributed by atoms with van der Waals surface area (Å²) < 4.78 is 0. The average Bonchev–Trinajstić information content (AvgIpc) is 2.62. The third-order valence-corrected chi connectivity index (χ3v) is 3.92. The summed E-state index contributed by atoms with van der Waals surface area (Å²) in [5.74, 6) is -0.850. The summed E-state index contributed by atoms with van der Waals surface area (Å²) in [6, 6.07) is 12.8. The minimum absolute atomic E-state index is 0. The van der Waals surface area contributed by atoms with Crippen LogP contribution in [0.4, 0.5) is 0 Å². The van der Waals surface area contributed by atoms with Crippen LogP contribution in [-0.4, -0.2) is 27.2 Å². The minimum Gasteiger partial charge on any atom is -0.545 e. The van der Waals surface area contributed by atoms with Gasteiger partial charge >= 0.3 is 51.4 Å². The van der Waals surface area contributed by atoms with Crippen LogP contribution in [0.15, 0.2) is 59.9 Å². The largest absolute Gasteiger partial charge is 1.00 e. The second-order valence-corrected chi connectivity index (χ2v) is 5.47. The molecule has 0 bridgehead atoms. The van der Waals surface area contributed by atoms with Gasteiger partial charge in [0.2, 0.25) is 0 Å². The summed E-state index contributed by atoms with van der Waals surface area (Å²) in [7, 11) is 0. The number of carbonyl (C=O) groups excluding carboxylic acids is 1. The van der Waals surface area contributed by atoms with Crippen LogP contribution in [-0.2, 0) is 0 Å². The van der Waals surface area contributed by atoms with Gasteiger partial charge in [-0.2, -0.15) is 0 Å². The Morgan fingerprint density at radius 1 is 1.04 bits per heavy atom. The van der Waals surface area contributed by atoms with E-state index in [1.54, 1.807) is 24.7 Å². The number of hydrogen-bond donors (Lipinski definition) is 0. The number of carboxylic acids is 1. The van der Waals surface area contributed by atoms with Crippen molar-refractivity contribution < 1.29 is 61.3 Å². The maximum Gasteiger partial charge on any atom is 1.00 e. The number of carbonyl (C=O) groups is 1. The first-order chi connectivity index (χ1) is 11.2. The van der Waals surface area contributed by atoms with Crippen molar-refractivity contribution in [3.05, 3.63) is 60.4 Å². The van der Waals surface area contributed by atoms with E-state index in [0.29, 0.717) is 22.1 Å². The fraction of sp³-hybridized carbons (Fsp3) is 0.0588. The standard InChI is InChI=1S/C17H13N3O2S.K/c1-23-16-13(17(21)22)14(11-6-3-2-4-7-11)19-15(20-16)12-8-5-9-18-10-12;/h2-10H,1H3,(H,21,22);/q;+1/p-1. The molecule has 0 atom stereocenters. The molecule has 3 rings (SSSR count). The van der Waals surface area contributed by atoms with Crippen LogP contribution < -0.4 is 56.5 Å².